The molecule has 1 aliphatic heterocycles. The van der Waals surface area contributed by atoms with Gasteiger partial charge in [-0.05, 0) is 48.1 Å². The highest BCUT2D eigenvalue weighted by Gasteiger charge is 2.28. The van der Waals surface area contributed by atoms with Gasteiger partial charge >= 0.3 is 0 Å². The molecule has 1 saturated heterocycles. The molecule has 0 atom stereocenters. The topological polar surface area (TPSA) is 71.0 Å². The van der Waals surface area contributed by atoms with Gasteiger partial charge in [0.05, 0.1) is 11.9 Å². The fourth-order valence-corrected chi connectivity index (χ4v) is 6.04. The standard InChI is InChI=1S/C24H26N4O2S/c29-31(30,18-20-4-2-1-3-5-20)28-12-8-19(9-13-28)17-27-11-10-22-14-21(6-7-24(22)27)23-15-25-26-16-23/h1-7,10-11,14-16,19H,8-9,12-13,17-18H2,(H,25,26). The number of nitrogens with zero attached hydrogens (tertiary/aromatic N) is 3. The molecule has 6 nitrogen and oxygen atoms in total. The monoisotopic (exact) mass is 434 g/mol. The van der Waals surface area contributed by atoms with Gasteiger partial charge in [-0.15, -0.1) is 0 Å². The molecule has 5 rings (SSSR count). The van der Waals surface area contributed by atoms with Crippen LogP contribution in [0.25, 0.3) is 22.0 Å². The van der Waals surface area contributed by atoms with Crippen molar-refractivity contribution in [3.05, 3.63) is 78.8 Å². The van der Waals surface area contributed by atoms with Gasteiger partial charge in [0.15, 0.2) is 0 Å². The Bertz CT molecular complexity index is 1260. The van der Waals surface area contributed by atoms with Crippen LogP contribution in [0.5, 0.6) is 0 Å². The van der Waals surface area contributed by atoms with Crippen LogP contribution in [0.3, 0.4) is 0 Å². The lowest BCUT2D eigenvalue weighted by atomic mass is 9.98. The first-order valence-electron chi connectivity index (χ1n) is 10.7. The van der Waals surface area contributed by atoms with Crippen LogP contribution in [0, 0.1) is 5.92 Å². The zero-order valence-electron chi connectivity index (χ0n) is 17.3. The lowest BCUT2D eigenvalue weighted by Gasteiger charge is -2.31. The number of hydrogen-bond donors (Lipinski definition) is 1. The van der Waals surface area contributed by atoms with Crippen molar-refractivity contribution in [2.45, 2.75) is 25.1 Å². The minimum atomic E-state index is -3.26. The van der Waals surface area contributed by atoms with Crippen LogP contribution >= 0.6 is 0 Å². The Morgan fingerprint density at radius 3 is 2.55 bits per heavy atom. The van der Waals surface area contributed by atoms with Crippen LogP contribution < -0.4 is 0 Å². The summed E-state index contributed by atoms with van der Waals surface area (Å²) >= 11 is 0. The molecule has 1 fully saturated rings. The highest BCUT2D eigenvalue weighted by atomic mass is 32.2. The zero-order valence-corrected chi connectivity index (χ0v) is 18.1. The molecule has 31 heavy (non-hydrogen) atoms. The van der Waals surface area contributed by atoms with Crippen LogP contribution in [0.2, 0.25) is 0 Å². The molecular weight excluding hydrogens is 408 g/mol. The average Bonchev–Trinajstić information content (AvgIpc) is 3.45. The molecule has 0 amide bonds. The number of aromatic nitrogens is 3. The molecule has 3 heterocycles. The van der Waals surface area contributed by atoms with E-state index in [1.165, 1.54) is 10.9 Å². The van der Waals surface area contributed by atoms with Gasteiger partial charge in [0.1, 0.15) is 0 Å². The minimum Gasteiger partial charge on any atom is -0.347 e. The highest BCUT2D eigenvalue weighted by molar-refractivity contribution is 7.88. The zero-order chi connectivity index (χ0) is 21.3. The maximum Gasteiger partial charge on any atom is 0.218 e. The molecule has 1 N–H and O–H groups in total. The van der Waals surface area contributed by atoms with Crippen molar-refractivity contribution in [2.75, 3.05) is 13.1 Å². The number of fused-ring (bicyclic) bond motifs is 1. The molecule has 0 saturated carbocycles. The van der Waals surface area contributed by atoms with Crippen LogP contribution in [-0.2, 0) is 22.3 Å². The third kappa shape index (κ3) is 4.29. The SMILES string of the molecule is O=S(=O)(Cc1ccccc1)N1CCC(Cn2ccc3cc(-c4cn[nH]c4)ccc32)CC1. The molecule has 4 aromatic rings. The van der Waals surface area contributed by atoms with Gasteiger partial charge in [-0.2, -0.15) is 5.10 Å². The maximum absolute atomic E-state index is 12.8. The summed E-state index contributed by atoms with van der Waals surface area (Å²) in [6, 6.07) is 18.1. The maximum atomic E-state index is 12.8. The molecular formula is C24H26N4O2S. The number of benzene rings is 2. The van der Waals surface area contributed by atoms with Gasteiger partial charge in [0.25, 0.3) is 0 Å². The van der Waals surface area contributed by atoms with Crippen molar-refractivity contribution >= 4 is 20.9 Å². The van der Waals surface area contributed by atoms with Crippen molar-refractivity contribution in [2.24, 2.45) is 5.92 Å². The van der Waals surface area contributed by atoms with E-state index >= 15 is 0 Å². The summed E-state index contributed by atoms with van der Waals surface area (Å²) in [6.07, 6.45) is 7.65. The Hall–Kier alpha value is -2.90. The Balaban J connectivity index is 1.23. The molecule has 0 radical (unpaired) electrons. The molecule has 7 heteroatoms. The van der Waals surface area contributed by atoms with Crippen molar-refractivity contribution < 1.29 is 8.42 Å². The highest BCUT2D eigenvalue weighted by Crippen LogP contribution is 2.28. The van der Waals surface area contributed by atoms with E-state index in [2.05, 4.69) is 45.2 Å². The largest absolute Gasteiger partial charge is 0.347 e. The number of H-pyrrole nitrogens is 1. The lowest BCUT2D eigenvalue weighted by molar-refractivity contribution is 0.254. The van der Waals surface area contributed by atoms with Crippen LogP contribution in [0.4, 0.5) is 0 Å². The smallest absolute Gasteiger partial charge is 0.218 e. The van der Waals surface area contributed by atoms with Crippen LogP contribution in [0.15, 0.2) is 73.2 Å². The van der Waals surface area contributed by atoms with E-state index in [-0.39, 0.29) is 5.75 Å². The third-order valence-corrected chi connectivity index (χ3v) is 8.07. The van der Waals surface area contributed by atoms with Crippen molar-refractivity contribution in [1.82, 2.24) is 19.1 Å². The first-order chi connectivity index (χ1) is 15.1. The fraction of sp³-hybridized carbons (Fsp3) is 0.292. The van der Waals surface area contributed by atoms with E-state index in [1.807, 2.05) is 42.7 Å². The second-order valence-corrected chi connectivity index (χ2v) is 10.3. The second kappa shape index (κ2) is 8.32. The number of nitrogens with one attached hydrogen (secondary N) is 1. The summed E-state index contributed by atoms with van der Waals surface area (Å²) in [4.78, 5) is 0. The van der Waals surface area contributed by atoms with Crippen LogP contribution in [0.1, 0.15) is 18.4 Å². The van der Waals surface area contributed by atoms with E-state index in [1.54, 1.807) is 4.31 Å². The molecule has 0 spiro atoms. The molecule has 0 aliphatic carbocycles. The molecule has 2 aromatic carbocycles. The first kappa shape index (κ1) is 20.0. The predicted octanol–water partition coefficient (Wildman–Crippen LogP) is 4.27. The number of hydrogen-bond acceptors (Lipinski definition) is 3. The summed E-state index contributed by atoms with van der Waals surface area (Å²) in [5, 5.41) is 8.10. The predicted molar refractivity (Wildman–Crippen MR) is 123 cm³/mol. The Morgan fingerprint density at radius 2 is 1.81 bits per heavy atom. The Labute approximate surface area is 182 Å². The molecule has 0 unspecified atom stereocenters. The quantitative estimate of drug-likeness (QED) is 0.493. The Kier molecular flexibility index (Phi) is 5.38. The van der Waals surface area contributed by atoms with Gasteiger partial charge < -0.3 is 4.57 Å². The molecule has 0 bridgehead atoms. The molecule has 2 aromatic heterocycles. The average molecular weight is 435 g/mol. The van der Waals surface area contributed by atoms with Crippen molar-refractivity contribution in [1.29, 1.82) is 0 Å². The lowest BCUT2D eigenvalue weighted by Crippen LogP contribution is -2.39. The number of rotatable bonds is 6. The first-order valence-corrected chi connectivity index (χ1v) is 12.3. The third-order valence-electron chi connectivity index (χ3n) is 6.22. The van der Waals surface area contributed by atoms with Gasteiger partial charge in [-0.3, -0.25) is 5.10 Å². The van der Waals surface area contributed by atoms with E-state index in [0.29, 0.717) is 19.0 Å². The van der Waals surface area contributed by atoms with Crippen molar-refractivity contribution in [3.63, 3.8) is 0 Å². The van der Waals surface area contributed by atoms with Gasteiger partial charge in [0, 0.05) is 48.5 Å². The number of sulfonamides is 1. The second-order valence-electron chi connectivity index (χ2n) is 8.31. The van der Waals surface area contributed by atoms with E-state index in [9.17, 15) is 8.42 Å². The number of piperidine rings is 1. The van der Waals surface area contributed by atoms with Gasteiger partial charge in [-0.1, -0.05) is 36.4 Å². The molecule has 160 valence electrons. The van der Waals surface area contributed by atoms with Gasteiger partial charge in [0.2, 0.25) is 10.0 Å². The van der Waals surface area contributed by atoms with E-state index in [4.69, 9.17) is 0 Å². The minimum absolute atomic E-state index is 0.0831. The van der Waals surface area contributed by atoms with Gasteiger partial charge in [-0.25, -0.2) is 12.7 Å². The summed E-state index contributed by atoms with van der Waals surface area (Å²) in [6.45, 7) is 2.12. The summed E-state index contributed by atoms with van der Waals surface area (Å²) in [5.41, 5.74) is 4.29. The molecule has 1 aliphatic rings. The van der Waals surface area contributed by atoms with E-state index in [0.717, 1.165) is 36.1 Å². The van der Waals surface area contributed by atoms with Crippen molar-refractivity contribution in [3.8, 4) is 11.1 Å². The summed E-state index contributed by atoms with van der Waals surface area (Å²) < 4.78 is 29.6. The normalized spacial score (nSPS) is 16.1. The Morgan fingerprint density at radius 1 is 1.00 bits per heavy atom. The van der Waals surface area contributed by atoms with Crippen LogP contribution in [-0.4, -0.2) is 40.6 Å². The number of aromatic amines is 1. The fourth-order valence-electron chi connectivity index (χ4n) is 4.47. The summed E-state index contributed by atoms with van der Waals surface area (Å²) in [5.74, 6) is 0.562. The summed E-state index contributed by atoms with van der Waals surface area (Å²) in [7, 11) is -3.26. The van der Waals surface area contributed by atoms with E-state index < -0.39 is 10.0 Å².